The Morgan fingerprint density at radius 3 is 2.43 bits per heavy atom. The normalized spacial score (nSPS) is 16.0. The smallest absolute Gasteiger partial charge is 0.254 e. The summed E-state index contributed by atoms with van der Waals surface area (Å²) in [5.74, 6) is -0.250. The van der Waals surface area contributed by atoms with Crippen molar-refractivity contribution in [3.63, 3.8) is 0 Å². The maximum absolute atomic E-state index is 11.9. The molecule has 0 bridgehead atoms. The summed E-state index contributed by atoms with van der Waals surface area (Å²) in [6.07, 6.45) is 0. The zero-order valence-corrected chi connectivity index (χ0v) is 13.5. The van der Waals surface area contributed by atoms with Crippen molar-refractivity contribution >= 4 is 23.2 Å². The Labute approximate surface area is 135 Å². The van der Waals surface area contributed by atoms with Crippen molar-refractivity contribution in [3.8, 4) is 0 Å². The lowest BCUT2D eigenvalue weighted by Crippen LogP contribution is -2.42. The first kappa shape index (κ1) is 17.1. The van der Waals surface area contributed by atoms with Gasteiger partial charge in [0, 0.05) is 25.7 Å². The minimum atomic E-state index is -0.138. The van der Waals surface area contributed by atoms with Gasteiger partial charge in [-0.2, -0.15) is 5.10 Å². The van der Waals surface area contributed by atoms with E-state index in [4.69, 9.17) is 4.74 Å². The third-order valence-corrected chi connectivity index (χ3v) is 3.44. The summed E-state index contributed by atoms with van der Waals surface area (Å²) in [5, 5.41) is 6.82. The highest BCUT2D eigenvalue weighted by molar-refractivity contribution is 6.00. The zero-order valence-electron chi connectivity index (χ0n) is 13.5. The van der Waals surface area contributed by atoms with Crippen LogP contribution in [-0.2, 0) is 14.3 Å². The maximum atomic E-state index is 11.9. The van der Waals surface area contributed by atoms with Gasteiger partial charge in [0.2, 0.25) is 5.91 Å². The molecule has 1 aliphatic rings. The molecule has 1 fully saturated rings. The molecule has 0 saturated carbocycles. The van der Waals surface area contributed by atoms with Crippen molar-refractivity contribution in [2.45, 2.75) is 13.8 Å². The van der Waals surface area contributed by atoms with E-state index < -0.39 is 0 Å². The molecular weight excluding hydrogens is 296 g/mol. The number of hydrogen-bond acceptors (Lipinski definition) is 5. The number of nitrogens with one attached hydrogen (secondary N) is 2. The van der Waals surface area contributed by atoms with Gasteiger partial charge in [-0.1, -0.05) is 12.1 Å². The van der Waals surface area contributed by atoms with Crippen LogP contribution in [0.1, 0.15) is 19.4 Å². The molecule has 1 aliphatic heterocycles. The first-order chi connectivity index (χ1) is 11.0. The lowest BCUT2D eigenvalue weighted by Gasteiger charge is -2.25. The molecule has 1 aromatic carbocycles. The van der Waals surface area contributed by atoms with Crippen LogP contribution < -0.4 is 10.7 Å². The Morgan fingerprint density at radius 2 is 1.83 bits per heavy atom. The summed E-state index contributed by atoms with van der Waals surface area (Å²) in [6, 6.07) is 7.28. The van der Waals surface area contributed by atoms with Gasteiger partial charge in [-0.05, 0) is 24.6 Å². The highest BCUT2D eigenvalue weighted by Gasteiger charge is 2.13. The molecule has 0 aromatic heterocycles. The number of carbonyl (C=O) groups is 2. The molecule has 1 heterocycles. The van der Waals surface area contributed by atoms with Crippen LogP contribution in [0.25, 0.3) is 0 Å². The predicted molar refractivity (Wildman–Crippen MR) is 88.4 cm³/mol. The van der Waals surface area contributed by atoms with E-state index in [0.29, 0.717) is 25.5 Å². The van der Waals surface area contributed by atoms with Crippen LogP contribution in [0.5, 0.6) is 0 Å². The van der Waals surface area contributed by atoms with Gasteiger partial charge in [0.1, 0.15) is 0 Å². The van der Waals surface area contributed by atoms with Crippen molar-refractivity contribution < 1.29 is 14.3 Å². The first-order valence-corrected chi connectivity index (χ1v) is 7.56. The van der Waals surface area contributed by atoms with E-state index in [-0.39, 0.29) is 11.8 Å². The van der Waals surface area contributed by atoms with E-state index in [1.54, 1.807) is 12.1 Å². The number of anilines is 1. The number of hydrogen-bond donors (Lipinski definition) is 2. The molecule has 2 N–H and O–H groups in total. The summed E-state index contributed by atoms with van der Waals surface area (Å²) >= 11 is 0. The molecule has 0 atom stereocenters. The summed E-state index contributed by atoms with van der Waals surface area (Å²) < 4.78 is 5.24. The summed E-state index contributed by atoms with van der Waals surface area (Å²) in [5.41, 5.74) is 4.88. The fourth-order valence-corrected chi connectivity index (χ4v) is 2.21. The van der Waals surface area contributed by atoms with E-state index in [2.05, 4.69) is 15.8 Å². The van der Waals surface area contributed by atoms with Gasteiger partial charge in [-0.15, -0.1) is 0 Å². The SMILES string of the molecule is CC(=O)Nc1ccc(/C(C)=N\NC(=O)CN2CCOCC2)cc1. The predicted octanol–water partition coefficient (Wildman–Crippen LogP) is 0.817. The molecule has 0 unspecified atom stereocenters. The Bertz CT molecular complexity index is 577. The number of amides is 2. The van der Waals surface area contributed by atoms with Gasteiger partial charge in [-0.3, -0.25) is 14.5 Å². The van der Waals surface area contributed by atoms with Gasteiger partial charge in [0.05, 0.1) is 25.5 Å². The summed E-state index contributed by atoms with van der Waals surface area (Å²) in [6.45, 7) is 6.46. The van der Waals surface area contributed by atoms with Crippen LogP contribution in [0.3, 0.4) is 0 Å². The van der Waals surface area contributed by atoms with Crippen molar-refractivity contribution in [1.82, 2.24) is 10.3 Å². The Morgan fingerprint density at radius 1 is 1.17 bits per heavy atom. The molecule has 0 spiro atoms. The topological polar surface area (TPSA) is 83.0 Å². The maximum Gasteiger partial charge on any atom is 0.254 e. The number of ether oxygens (including phenoxy) is 1. The van der Waals surface area contributed by atoms with Crippen LogP contribution in [0, 0.1) is 0 Å². The van der Waals surface area contributed by atoms with Gasteiger partial charge in [0.15, 0.2) is 0 Å². The number of morpholine rings is 1. The monoisotopic (exact) mass is 318 g/mol. The average molecular weight is 318 g/mol. The third kappa shape index (κ3) is 5.80. The van der Waals surface area contributed by atoms with E-state index in [0.717, 1.165) is 24.3 Å². The summed E-state index contributed by atoms with van der Waals surface area (Å²) in [7, 11) is 0. The fourth-order valence-electron chi connectivity index (χ4n) is 2.21. The minimum Gasteiger partial charge on any atom is -0.379 e. The third-order valence-electron chi connectivity index (χ3n) is 3.44. The standard InChI is InChI=1S/C16H22N4O3/c1-12(14-3-5-15(6-4-14)17-13(2)21)18-19-16(22)11-20-7-9-23-10-8-20/h3-6H,7-11H2,1-2H3,(H,17,21)(H,19,22)/b18-12-. The molecule has 2 rings (SSSR count). The zero-order chi connectivity index (χ0) is 16.7. The quantitative estimate of drug-likeness (QED) is 0.622. The number of rotatable bonds is 5. The van der Waals surface area contributed by atoms with Crippen LogP contribution in [-0.4, -0.2) is 55.3 Å². The van der Waals surface area contributed by atoms with E-state index in [1.165, 1.54) is 6.92 Å². The molecule has 23 heavy (non-hydrogen) atoms. The summed E-state index contributed by atoms with van der Waals surface area (Å²) in [4.78, 5) is 24.9. The number of nitrogens with zero attached hydrogens (tertiary/aromatic N) is 2. The van der Waals surface area contributed by atoms with Gasteiger partial charge < -0.3 is 10.1 Å². The molecule has 0 aliphatic carbocycles. The van der Waals surface area contributed by atoms with E-state index in [1.807, 2.05) is 24.0 Å². The van der Waals surface area contributed by atoms with Crippen molar-refractivity contribution in [1.29, 1.82) is 0 Å². The highest BCUT2D eigenvalue weighted by atomic mass is 16.5. The number of hydrazone groups is 1. The molecular formula is C16H22N4O3. The van der Waals surface area contributed by atoms with Crippen LogP contribution >= 0.6 is 0 Å². The molecule has 1 aromatic rings. The lowest BCUT2D eigenvalue weighted by molar-refractivity contribution is -0.123. The van der Waals surface area contributed by atoms with Crippen molar-refractivity contribution in [2.75, 3.05) is 38.2 Å². The van der Waals surface area contributed by atoms with Crippen LogP contribution in [0.2, 0.25) is 0 Å². The largest absolute Gasteiger partial charge is 0.379 e. The molecule has 7 heteroatoms. The Balaban J connectivity index is 1.86. The molecule has 2 amide bonds. The molecule has 1 saturated heterocycles. The molecule has 0 radical (unpaired) electrons. The van der Waals surface area contributed by atoms with Gasteiger partial charge in [0.25, 0.3) is 5.91 Å². The van der Waals surface area contributed by atoms with Gasteiger partial charge >= 0.3 is 0 Å². The second kappa shape index (κ2) is 8.40. The lowest BCUT2D eigenvalue weighted by atomic mass is 10.1. The fraction of sp³-hybridized carbons (Fsp3) is 0.438. The Kier molecular flexibility index (Phi) is 6.25. The second-order valence-corrected chi connectivity index (χ2v) is 5.38. The molecule has 124 valence electrons. The second-order valence-electron chi connectivity index (χ2n) is 5.38. The number of carbonyl (C=O) groups excluding carboxylic acids is 2. The van der Waals surface area contributed by atoms with Crippen LogP contribution in [0.15, 0.2) is 29.4 Å². The van der Waals surface area contributed by atoms with Crippen molar-refractivity contribution in [2.24, 2.45) is 5.10 Å². The van der Waals surface area contributed by atoms with E-state index >= 15 is 0 Å². The first-order valence-electron chi connectivity index (χ1n) is 7.56. The average Bonchev–Trinajstić information content (AvgIpc) is 2.54. The van der Waals surface area contributed by atoms with Crippen LogP contribution in [0.4, 0.5) is 5.69 Å². The molecule has 7 nitrogen and oxygen atoms in total. The number of benzene rings is 1. The Hall–Kier alpha value is -2.25. The van der Waals surface area contributed by atoms with Gasteiger partial charge in [-0.25, -0.2) is 5.43 Å². The highest BCUT2D eigenvalue weighted by Crippen LogP contribution is 2.10. The van der Waals surface area contributed by atoms with Crippen molar-refractivity contribution in [3.05, 3.63) is 29.8 Å². The minimum absolute atomic E-state index is 0.112. The van der Waals surface area contributed by atoms with E-state index in [9.17, 15) is 9.59 Å².